The number of aliphatic hydroxyl groups is 1. The lowest BCUT2D eigenvalue weighted by atomic mass is 9.55. The molecule has 1 saturated carbocycles. The molecule has 5 nitrogen and oxygen atoms in total. The molecule has 0 radical (unpaired) electrons. The average Bonchev–Trinajstić information content (AvgIpc) is 3.01. The largest absolute Gasteiger partial charge is 0.396 e. The molecule has 0 spiro atoms. The third-order valence-electron chi connectivity index (χ3n) is 8.68. The van der Waals surface area contributed by atoms with Gasteiger partial charge in [-0.25, -0.2) is 0 Å². The molecular weight excluding hydrogens is 1090 g/mol. The van der Waals surface area contributed by atoms with Crippen LogP contribution in [0, 0.1) is 23.2 Å². The van der Waals surface area contributed by atoms with Gasteiger partial charge in [0, 0.05) is 47.9 Å². The summed E-state index contributed by atoms with van der Waals surface area (Å²) in [4.78, 5) is 15.3. The zero-order chi connectivity index (χ0) is 38.4. The number of rotatable bonds is 19. The van der Waals surface area contributed by atoms with Crippen LogP contribution < -0.4 is 0 Å². The first-order valence-electron chi connectivity index (χ1n) is 14.9. The summed E-state index contributed by atoms with van der Waals surface area (Å²) in [7, 11) is 39.2. The molecule has 0 amide bonds. The van der Waals surface area contributed by atoms with Crippen molar-refractivity contribution in [2.45, 2.75) is 65.3 Å². The number of Topliss-reactive ketones (excluding diaryl/α,β-unsaturated/α-hetero) is 1. The Kier molecular flexibility index (Phi) is 30.5. The van der Waals surface area contributed by atoms with Crippen LogP contribution >= 0.6 is 203 Å². The van der Waals surface area contributed by atoms with E-state index in [1.165, 1.54) is 5.57 Å². The van der Waals surface area contributed by atoms with Crippen molar-refractivity contribution in [3.05, 3.63) is 23.3 Å². The lowest BCUT2D eigenvalue weighted by Crippen LogP contribution is -2.55. The van der Waals surface area contributed by atoms with Crippen molar-refractivity contribution >= 4 is 209 Å². The third-order valence-corrected chi connectivity index (χ3v) is 127. The monoisotopic (exact) mass is 1150 g/mol. The number of carbonyl (C=O) groups excluding carboxylic acids is 1. The lowest BCUT2D eigenvalue weighted by Gasteiger charge is -2.54. The Morgan fingerprint density at radius 2 is 1.50 bits per heavy atom. The Hall–Kier alpha value is 9.74. The molecule has 0 aliphatic heterocycles. The summed E-state index contributed by atoms with van der Waals surface area (Å²) in [5.74, 6) is -0.318. The van der Waals surface area contributed by atoms with Gasteiger partial charge in [-0.1, -0.05) is 58.7 Å². The average molecular weight is 1150 g/mol. The minimum absolute atomic E-state index is 0.0802. The fourth-order valence-electron chi connectivity index (χ4n) is 6.45. The second kappa shape index (κ2) is 27.3. The minimum Gasteiger partial charge on any atom is -0.396 e. The summed E-state index contributed by atoms with van der Waals surface area (Å²) in [6.45, 7) is 10.4. The zero-order valence-corrected chi connectivity index (χ0v) is 54.5. The summed E-state index contributed by atoms with van der Waals surface area (Å²) in [6.07, 6.45) is 1.11. The van der Waals surface area contributed by atoms with Gasteiger partial charge >= 0.3 is 0 Å². The predicted molar refractivity (Wildman–Crippen MR) is 304 cm³/mol. The topological polar surface area (TPSA) is 65.0 Å². The van der Waals surface area contributed by atoms with E-state index >= 15 is 4.79 Å². The van der Waals surface area contributed by atoms with Crippen LogP contribution in [0.4, 0.5) is 0 Å². The number of ketones is 1. The van der Waals surface area contributed by atoms with Crippen LogP contribution in [0.25, 0.3) is 0 Å². The van der Waals surface area contributed by atoms with Crippen molar-refractivity contribution in [2.24, 2.45) is 23.2 Å². The number of hydrogen-bond donors (Lipinski definition) is 1. The van der Waals surface area contributed by atoms with E-state index in [1.54, 1.807) is 0 Å². The molecule has 2 bridgehead atoms. The molecule has 25 atom stereocenters. The van der Waals surface area contributed by atoms with Crippen LogP contribution in [0.5, 0.6) is 0 Å². The number of fused-ring (bicyclic) bond motifs is 2. The van der Waals surface area contributed by atoms with Crippen molar-refractivity contribution in [2.75, 3.05) is 6.61 Å². The van der Waals surface area contributed by atoms with Crippen molar-refractivity contribution in [1.82, 2.24) is 0 Å². The van der Waals surface area contributed by atoms with Crippen molar-refractivity contribution < 1.29 is 23.5 Å². The first-order valence-corrected chi connectivity index (χ1v) is 57.9. The van der Waals surface area contributed by atoms with E-state index in [0.29, 0.717) is 20.8 Å². The van der Waals surface area contributed by atoms with E-state index < -0.39 is 49.1 Å². The van der Waals surface area contributed by atoms with E-state index in [-0.39, 0.29) is 84.2 Å². The van der Waals surface area contributed by atoms with Gasteiger partial charge in [0.1, 0.15) is 6.10 Å². The molecule has 292 valence electrons. The summed E-state index contributed by atoms with van der Waals surface area (Å²) in [5, 5.41) is 9.81. The number of aliphatic hydroxyl groups excluding tert-OH is 1. The second-order valence-corrected chi connectivity index (χ2v) is 96.5. The predicted octanol–water partition coefficient (Wildman–Crippen LogP) is 17.1. The maximum absolute atomic E-state index is 15.3. The highest BCUT2D eigenvalue weighted by Gasteiger charge is 2.57. The quantitative estimate of drug-likeness (QED) is 0.103. The second-order valence-electron chi connectivity index (χ2n) is 12.1. The SMILES string of the molecule is C=C(CCCO)[C@@H]1[C@H](C)C(=O)[C@H](OP(P(P)P)P(PP)P(P)P)C2=C(C)[C@@H](OP(P(P)P(P)P)P(P(P)P)P(P)P)CC([C@H]1OPP)C2(C)C. The highest BCUT2D eigenvalue weighted by Crippen LogP contribution is 3.18. The van der Waals surface area contributed by atoms with Crippen LogP contribution in [-0.4, -0.2) is 35.8 Å². The standard InChI is InChI=1S/C20H57O5P25/c1-10(7-6-8-21)15-12(3)17(22)19(25-41(43(28)29)49(40-27)45(32)33)16-11(2)14(9-13(20(16,4)5)18(15)23-39-26)24-42(48(38)44(30)31)50(46(34)35)47(36)37/h12-15,18-19,21,39-40H,1,6-9,26-38H2,2-5H3/t12-,13?,14-,15+,18+,19+,41?,42?,48?,49?/m0/s1. The smallest absolute Gasteiger partial charge is 0.169 e. The summed E-state index contributed by atoms with van der Waals surface area (Å²) in [5.41, 5.74) is 2.92. The number of carbonyl (C=O) groups is 1. The Bertz CT molecular complexity index is 1140. The van der Waals surface area contributed by atoms with Gasteiger partial charge in [-0.05, 0) is 83.6 Å². The molecule has 50 heavy (non-hydrogen) atoms. The minimum atomic E-state index is -0.881. The van der Waals surface area contributed by atoms with Crippen molar-refractivity contribution in [3.8, 4) is 0 Å². The maximum Gasteiger partial charge on any atom is 0.169 e. The molecule has 2 aliphatic rings. The van der Waals surface area contributed by atoms with Crippen LogP contribution in [0.2, 0.25) is 0 Å². The Morgan fingerprint density at radius 3 is 1.94 bits per heavy atom. The first-order chi connectivity index (χ1) is 23.2. The van der Waals surface area contributed by atoms with E-state index in [4.69, 9.17) is 13.6 Å². The molecule has 2 aliphatic carbocycles. The molecule has 0 aromatic heterocycles. The molecule has 0 saturated heterocycles. The summed E-state index contributed by atoms with van der Waals surface area (Å²) >= 11 is 0. The van der Waals surface area contributed by atoms with Crippen LogP contribution in [0.3, 0.4) is 0 Å². The highest BCUT2D eigenvalue weighted by atomic mass is 33.2. The van der Waals surface area contributed by atoms with Gasteiger partial charge in [0.15, 0.2) is 5.78 Å². The van der Waals surface area contributed by atoms with Gasteiger partial charge in [-0.2, -0.15) is 0 Å². The molecule has 2 rings (SSSR count). The van der Waals surface area contributed by atoms with Crippen LogP contribution in [0.15, 0.2) is 23.3 Å². The molecular formula is C20H57O5P25. The number of hydrogen-bond acceptors (Lipinski definition) is 5. The maximum atomic E-state index is 15.3. The van der Waals surface area contributed by atoms with Crippen LogP contribution in [-0.2, 0) is 18.4 Å². The van der Waals surface area contributed by atoms with E-state index in [1.807, 2.05) is 0 Å². The molecule has 30 heteroatoms. The third kappa shape index (κ3) is 15.2. The van der Waals surface area contributed by atoms with E-state index in [9.17, 15) is 5.11 Å². The van der Waals surface area contributed by atoms with Gasteiger partial charge in [0.25, 0.3) is 0 Å². The lowest BCUT2D eigenvalue weighted by molar-refractivity contribution is -0.134. The Labute approximate surface area is 348 Å². The van der Waals surface area contributed by atoms with Gasteiger partial charge in [0.05, 0.1) is 27.3 Å². The van der Waals surface area contributed by atoms with Gasteiger partial charge in [0.2, 0.25) is 0 Å². The molecule has 0 heterocycles. The molecule has 1 fully saturated rings. The summed E-state index contributed by atoms with van der Waals surface area (Å²) in [6, 6.07) is 0. The van der Waals surface area contributed by atoms with E-state index in [0.717, 1.165) is 17.6 Å². The Balaban J connectivity index is 2.99. The van der Waals surface area contributed by atoms with Gasteiger partial charge < -0.3 is 18.7 Å². The fraction of sp³-hybridized carbons (Fsp3) is 0.750. The van der Waals surface area contributed by atoms with Crippen LogP contribution in [0.1, 0.15) is 47.0 Å². The van der Waals surface area contributed by atoms with Gasteiger partial charge in [-0.15, -0.1) is 98.2 Å². The van der Waals surface area contributed by atoms with Crippen molar-refractivity contribution in [1.29, 1.82) is 0 Å². The highest BCUT2D eigenvalue weighted by molar-refractivity contribution is 9.19. The molecule has 20 unspecified atom stereocenters. The Morgan fingerprint density at radius 1 is 0.920 bits per heavy atom. The molecule has 0 aromatic carbocycles. The van der Waals surface area contributed by atoms with Gasteiger partial charge in [-0.3, -0.25) is 4.79 Å². The first kappa shape index (κ1) is 55.9. The van der Waals surface area contributed by atoms with Crippen molar-refractivity contribution in [3.63, 3.8) is 0 Å². The van der Waals surface area contributed by atoms with E-state index in [2.05, 4.69) is 150 Å². The molecule has 1 N–H and O–H groups in total. The fourth-order valence-corrected chi connectivity index (χ4v) is 169. The zero-order valence-electron chi connectivity index (χ0n) is 28.6. The molecule has 0 aromatic rings. The summed E-state index contributed by atoms with van der Waals surface area (Å²) < 4.78 is 21.9. The normalized spacial score (nSPS) is 29.0.